The molecule has 29 heavy (non-hydrogen) atoms. The van der Waals surface area contributed by atoms with Crippen LogP contribution in [0.25, 0.3) is 0 Å². The lowest BCUT2D eigenvalue weighted by Gasteiger charge is -2.29. The maximum Gasteiger partial charge on any atom is 0.267 e. The van der Waals surface area contributed by atoms with Crippen LogP contribution in [0.1, 0.15) is 77.5 Å². The summed E-state index contributed by atoms with van der Waals surface area (Å²) in [7, 11) is 0. The largest absolute Gasteiger partial charge is 0.364 e. The molecule has 3 N–H and O–H groups in total. The highest BCUT2D eigenvalue weighted by Crippen LogP contribution is 2.42. The molecular formula is C20H23N7O2. The predicted octanol–water partition coefficient (Wildman–Crippen LogP) is 1.84. The highest BCUT2D eigenvalue weighted by atomic mass is 16.2. The van der Waals surface area contributed by atoms with Gasteiger partial charge in [-0.05, 0) is 43.7 Å². The van der Waals surface area contributed by atoms with Crippen molar-refractivity contribution in [1.82, 2.24) is 25.3 Å². The Morgan fingerprint density at radius 1 is 1.28 bits per heavy atom. The molecule has 2 heterocycles. The van der Waals surface area contributed by atoms with E-state index in [2.05, 4.69) is 26.7 Å². The fourth-order valence-electron chi connectivity index (χ4n) is 3.94. The maximum atomic E-state index is 12.8. The zero-order valence-electron chi connectivity index (χ0n) is 16.0. The van der Waals surface area contributed by atoms with Crippen molar-refractivity contribution in [2.24, 2.45) is 11.7 Å². The van der Waals surface area contributed by atoms with E-state index in [-0.39, 0.29) is 23.6 Å². The first kappa shape index (κ1) is 19.1. The van der Waals surface area contributed by atoms with Gasteiger partial charge in [-0.2, -0.15) is 5.26 Å². The first-order valence-corrected chi connectivity index (χ1v) is 9.93. The Labute approximate surface area is 168 Å². The van der Waals surface area contributed by atoms with Crippen LogP contribution in [0.3, 0.4) is 0 Å². The summed E-state index contributed by atoms with van der Waals surface area (Å²) in [4.78, 5) is 28.0. The Balaban J connectivity index is 1.57. The normalized spacial score (nSPS) is 19.1. The standard InChI is InChI=1S/C20H23N7O2/c21-12-20(8-9-20)27-11-16(25-26-27)17(13-4-2-1-3-5-13)24-19(29)14-6-7-15(18(22)28)23-10-14/h6-7,10-11,13,17H,1-5,8-9H2,(H2,22,28)(H,24,29). The molecule has 2 aromatic heterocycles. The monoisotopic (exact) mass is 393 g/mol. The van der Waals surface area contributed by atoms with Crippen molar-refractivity contribution in [3.63, 3.8) is 0 Å². The van der Waals surface area contributed by atoms with Gasteiger partial charge in [-0.1, -0.05) is 24.5 Å². The molecule has 9 heteroatoms. The molecule has 0 bridgehead atoms. The Morgan fingerprint density at radius 3 is 2.62 bits per heavy atom. The van der Waals surface area contributed by atoms with E-state index in [0.29, 0.717) is 11.3 Å². The Hall–Kier alpha value is -3.28. The van der Waals surface area contributed by atoms with Gasteiger partial charge in [0.25, 0.3) is 11.8 Å². The summed E-state index contributed by atoms with van der Waals surface area (Å²) >= 11 is 0. The van der Waals surface area contributed by atoms with E-state index in [4.69, 9.17) is 5.73 Å². The summed E-state index contributed by atoms with van der Waals surface area (Å²) in [5.41, 5.74) is 5.75. The molecule has 2 aromatic rings. The van der Waals surface area contributed by atoms with Crippen LogP contribution in [-0.2, 0) is 5.54 Å². The van der Waals surface area contributed by atoms with Crippen LogP contribution >= 0.6 is 0 Å². The molecule has 0 aliphatic heterocycles. The molecule has 4 rings (SSSR count). The van der Waals surface area contributed by atoms with E-state index in [1.54, 1.807) is 10.9 Å². The number of amides is 2. The number of nitriles is 1. The quantitative estimate of drug-likeness (QED) is 0.767. The molecule has 1 atom stereocenters. The SMILES string of the molecule is N#CC1(n2cc(C(NC(=O)c3ccc(C(N)=O)nc3)C3CCCCC3)nn2)CC1. The van der Waals surface area contributed by atoms with Crippen LogP contribution in [0.2, 0.25) is 0 Å². The molecule has 2 fully saturated rings. The molecule has 9 nitrogen and oxygen atoms in total. The van der Waals surface area contributed by atoms with Crippen molar-refractivity contribution >= 4 is 11.8 Å². The lowest BCUT2D eigenvalue weighted by Crippen LogP contribution is -2.35. The van der Waals surface area contributed by atoms with Crippen LogP contribution in [0.15, 0.2) is 24.5 Å². The van der Waals surface area contributed by atoms with Gasteiger partial charge >= 0.3 is 0 Å². The Bertz CT molecular complexity index is 950. The average Bonchev–Trinajstić information content (AvgIpc) is 3.41. The van der Waals surface area contributed by atoms with Gasteiger partial charge in [0, 0.05) is 6.20 Å². The lowest BCUT2D eigenvalue weighted by atomic mass is 9.82. The molecule has 2 aliphatic rings. The van der Waals surface area contributed by atoms with Crippen LogP contribution in [0.5, 0.6) is 0 Å². The fourth-order valence-corrected chi connectivity index (χ4v) is 3.94. The van der Waals surface area contributed by atoms with Gasteiger partial charge in [-0.3, -0.25) is 14.6 Å². The second-order valence-corrected chi connectivity index (χ2v) is 7.88. The summed E-state index contributed by atoms with van der Waals surface area (Å²) in [5.74, 6) is -0.673. The molecule has 2 aliphatic carbocycles. The minimum Gasteiger partial charge on any atom is -0.364 e. The number of primary amides is 1. The number of aromatic nitrogens is 4. The molecule has 0 aromatic carbocycles. The van der Waals surface area contributed by atoms with Gasteiger partial charge in [-0.25, -0.2) is 4.68 Å². The molecule has 150 valence electrons. The Kier molecular flexibility index (Phi) is 5.01. The van der Waals surface area contributed by atoms with Crippen molar-refractivity contribution in [3.8, 4) is 6.07 Å². The number of pyridine rings is 1. The second-order valence-electron chi connectivity index (χ2n) is 7.88. The van der Waals surface area contributed by atoms with Crippen molar-refractivity contribution in [2.45, 2.75) is 56.5 Å². The maximum absolute atomic E-state index is 12.8. The first-order valence-electron chi connectivity index (χ1n) is 9.93. The van der Waals surface area contributed by atoms with Crippen LogP contribution in [-0.4, -0.2) is 31.8 Å². The molecule has 1 unspecified atom stereocenters. The molecule has 0 spiro atoms. The van der Waals surface area contributed by atoms with Gasteiger partial charge in [0.15, 0.2) is 5.54 Å². The summed E-state index contributed by atoms with van der Waals surface area (Å²) in [6.45, 7) is 0. The number of hydrogen-bond donors (Lipinski definition) is 2. The fraction of sp³-hybridized carbons (Fsp3) is 0.500. The second kappa shape index (κ2) is 7.62. The summed E-state index contributed by atoms with van der Waals surface area (Å²) in [6, 6.07) is 4.99. The third-order valence-electron chi connectivity index (χ3n) is 5.89. The van der Waals surface area contributed by atoms with Gasteiger partial charge in [0.05, 0.1) is 23.9 Å². The van der Waals surface area contributed by atoms with Gasteiger partial charge in [0.2, 0.25) is 0 Å². The van der Waals surface area contributed by atoms with Gasteiger partial charge in [0.1, 0.15) is 11.4 Å². The number of nitrogens with two attached hydrogens (primary N) is 1. The average molecular weight is 393 g/mol. The molecular weight excluding hydrogens is 370 g/mol. The van der Waals surface area contributed by atoms with Crippen molar-refractivity contribution < 1.29 is 9.59 Å². The minimum absolute atomic E-state index is 0.111. The zero-order chi connectivity index (χ0) is 20.4. The van der Waals surface area contributed by atoms with Crippen LogP contribution in [0, 0.1) is 17.2 Å². The van der Waals surface area contributed by atoms with E-state index < -0.39 is 11.4 Å². The third-order valence-corrected chi connectivity index (χ3v) is 5.89. The lowest BCUT2D eigenvalue weighted by molar-refractivity contribution is 0.0908. The summed E-state index contributed by atoms with van der Waals surface area (Å²) < 4.78 is 1.63. The van der Waals surface area contributed by atoms with E-state index in [9.17, 15) is 14.9 Å². The highest BCUT2D eigenvalue weighted by molar-refractivity contribution is 5.95. The van der Waals surface area contributed by atoms with Crippen molar-refractivity contribution in [2.75, 3.05) is 0 Å². The number of nitrogens with zero attached hydrogens (tertiary/aromatic N) is 5. The zero-order valence-corrected chi connectivity index (χ0v) is 16.0. The minimum atomic E-state index is -0.639. The molecule has 2 amide bonds. The summed E-state index contributed by atoms with van der Waals surface area (Å²) in [5, 5.41) is 21.0. The van der Waals surface area contributed by atoms with E-state index >= 15 is 0 Å². The smallest absolute Gasteiger partial charge is 0.267 e. The van der Waals surface area contributed by atoms with Gasteiger partial charge < -0.3 is 11.1 Å². The van der Waals surface area contributed by atoms with E-state index in [1.807, 2.05) is 0 Å². The molecule has 2 saturated carbocycles. The summed E-state index contributed by atoms with van der Waals surface area (Å²) in [6.07, 6.45) is 10.1. The number of hydrogen-bond acceptors (Lipinski definition) is 6. The molecule has 0 saturated heterocycles. The number of carbonyl (C=O) groups is 2. The third kappa shape index (κ3) is 3.83. The van der Waals surface area contributed by atoms with E-state index in [0.717, 1.165) is 38.5 Å². The topological polar surface area (TPSA) is 140 Å². The van der Waals surface area contributed by atoms with Gasteiger partial charge in [-0.15, -0.1) is 5.10 Å². The predicted molar refractivity (Wildman–Crippen MR) is 102 cm³/mol. The van der Waals surface area contributed by atoms with Crippen molar-refractivity contribution in [1.29, 1.82) is 5.26 Å². The number of nitrogens with one attached hydrogen (secondary N) is 1. The van der Waals surface area contributed by atoms with Crippen LogP contribution < -0.4 is 11.1 Å². The Morgan fingerprint density at radius 2 is 2.03 bits per heavy atom. The highest BCUT2D eigenvalue weighted by Gasteiger charge is 2.47. The first-order chi connectivity index (χ1) is 14.0. The van der Waals surface area contributed by atoms with Crippen molar-refractivity contribution in [3.05, 3.63) is 41.5 Å². The number of carbonyl (C=O) groups excluding carboxylic acids is 2. The van der Waals surface area contributed by atoms with E-state index in [1.165, 1.54) is 24.8 Å². The number of rotatable bonds is 6. The molecule has 0 radical (unpaired) electrons. The van der Waals surface area contributed by atoms with Crippen LogP contribution in [0.4, 0.5) is 0 Å².